The SMILES string of the molecule is O=C1Nc2cc(F)ccc2C1Nc1c(F)cc(F)cc1Br. The van der Waals surface area contributed by atoms with Gasteiger partial charge in [-0.2, -0.15) is 0 Å². The lowest BCUT2D eigenvalue weighted by molar-refractivity contribution is -0.116. The zero-order valence-corrected chi connectivity index (χ0v) is 12.0. The molecule has 3 rings (SSSR count). The number of carbonyl (C=O) groups excluding carboxylic acids is 1. The molecule has 1 aliphatic heterocycles. The molecular weight excluding hydrogens is 349 g/mol. The Balaban J connectivity index is 1.99. The van der Waals surface area contributed by atoms with Crippen molar-refractivity contribution < 1.29 is 18.0 Å². The highest BCUT2D eigenvalue weighted by Gasteiger charge is 2.31. The van der Waals surface area contributed by atoms with E-state index in [1.807, 2.05) is 0 Å². The lowest BCUT2D eigenvalue weighted by Crippen LogP contribution is -2.20. The predicted octanol–water partition coefficient (Wildman–Crippen LogP) is 3.97. The molecule has 1 unspecified atom stereocenters. The molecule has 0 aromatic heterocycles. The third kappa shape index (κ3) is 2.49. The van der Waals surface area contributed by atoms with Crippen molar-refractivity contribution in [2.24, 2.45) is 0 Å². The minimum absolute atomic E-state index is 0.0336. The molecule has 0 radical (unpaired) electrons. The average Bonchev–Trinajstić information content (AvgIpc) is 2.68. The predicted molar refractivity (Wildman–Crippen MR) is 75.5 cm³/mol. The van der Waals surface area contributed by atoms with Crippen LogP contribution >= 0.6 is 15.9 Å². The van der Waals surface area contributed by atoms with Crippen LogP contribution in [0, 0.1) is 17.5 Å². The number of hydrogen-bond donors (Lipinski definition) is 2. The summed E-state index contributed by atoms with van der Waals surface area (Å²) in [6.07, 6.45) is 0. The third-order valence-corrected chi connectivity index (χ3v) is 3.77. The van der Waals surface area contributed by atoms with Crippen molar-refractivity contribution in [2.45, 2.75) is 6.04 Å². The Morgan fingerprint density at radius 3 is 2.57 bits per heavy atom. The van der Waals surface area contributed by atoms with Crippen LogP contribution in [0.3, 0.4) is 0 Å². The molecule has 1 atom stereocenters. The van der Waals surface area contributed by atoms with Crippen molar-refractivity contribution in [1.29, 1.82) is 0 Å². The van der Waals surface area contributed by atoms with Crippen molar-refractivity contribution in [1.82, 2.24) is 0 Å². The minimum Gasteiger partial charge on any atom is -0.367 e. The molecule has 2 N–H and O–H groups in total. The molecule has 0 aliphatic carbocycles. The van der Waals surface area contributed by atoms with E-state index in [-0.39, 0.29) is 10.2 Å². The van der Waals surface area contributed by atoms with E-state index in [9.17, 15) is 18.0 Å². The van der Waals surface area contributed by atoms with Crippen molar-refractivity contribution in [3.8, 4) is 0 Å². The number of carbonyl (C=O) groups is 1. The van der Waals surface area contributed by atoms with Gasteiger partial charge in [0.25, 0.3) is 5.91 Å². The molecule has 0 fully saturated rings. The van der Waals surface area contributed by atoms with Crippen LogP contribution in [0.15, 0.2) is 34.8 Å². The molecular formula is C14H8BrF3N2O. The fraction of sp³-hybridized carbons (Fsp3) is 0.0714. The number of anilines is 2. The number of benzene rings is 2. The van der Waals surface area contributed by atoms with E-state index in [0.717, 1.165) is 6.07 Å². The Hall–Kier alpha value is -2.02. The fourth-order valence-corrected chi connectivity index (χ4v) is 2.72. The fourth-order valence-electron chi connectivity index (χ4n) is 2.20. The van der Waals surface area contributed by atoms with Crippen molar-refractivity contribution in [2.75, 3.05) is 10.6 Å². The number of amides is 1. The summed E-state index contributed by atoms with van der Waals surface area (Å²) in [5, 5.41) is 5.21. The largest absolute Gasteiger partial charge is 0.367 e. The van der Waals surface area contributed by atoms with Gasteiger partial charge in [0.2, 0.25) is 0 Å². The van der Waals surface area contributed by atoms with E-state index in [0.29, 0.717) is 17.3 Å². The number of rotatable bonds is 2. The second-order valence-corrected chi connectivity index (χ2v) is 5.40. The first-order chi connectivity index (χ1) is 9.95. The second-order valence-electron chi connectivity index (χ2n) is 4.54. The maximum atomic E-state index is 13.8. The lowest BCUT2D eigenvalue weighted by Gasteiger charge is -2.15. The first kappa shape index (κ1) is 13.9. The summed E-state index contributed by atoms with van der Waals surface area (Å²) in [6.45, 7) is 0. The Morgan fingerprint density at radius 1 is 1.10 bits per heavy atom. The molecule has 0 saturated heterocycles. The van der Waals surface area contributed by atoms with Crippen LogP contribution in [0.4, 0.5) is 24.5 Å². The van der Waals surface area contributed by atoms with Gasteiger partial charge in [-0.3, -0.25) is 4.79 Å². The summed E-state index contributed by atoms with van der Waals surface area (Å²) in [5.41, 5.74) is 0.793. The molecule has 3 nitrogen and oxygen atoms in total. The van der Waals surface area contributed by atoms with Gasteiger partial charge in [-0.05, 0) is 34.1 Å². The van der Waals surface area contributed by atoms with Crippen LogP contribution in [-0.2, 0) is 4.79 Å². The molecule has 7 heteroatoms. The van der Waals surface area contributed by atoms with Crippen molar-refractivity contribution in [3.05, 3.63) is 57.8 Å². The monoisotopic (exact) mass is 356 g/mol. The van der Waals surface area contributed by atoms with Crippen LogP contribution in [0.5, 0.6) is 0 Å². The van der Waals surface area contributed by atoms with Gasteiger partial charge < -0.3 is 10.6 Å². The van der Waals surface area contributed by atoms with Gasteiger partial charge in [0.05, 0.1) is 5.69 Å². The highest BCUT2D eigenvalue weighted by atomic mass is 79.9. The van der Waals surface area contributed by atoms with E-state index >= 15 is 0 Å². The summed E-state index contributed by atoms with van der Waals surface area (Å²) >= 11 is 3.04. The molecule has 108 valence electrons. The maximum absolute atomic E-state index is 13.8. The van der Waals surface area contributed by atoms with Crippen LogP contribution in [0.25, 0.3) is 0 Å². The van der Waals surface area contributed by atoms with Crippen LogP contribution in [-0.4, -0.2) is 5.91 Å². The zero-order valence-electron chi connectivity index (χ0n) is 10.4. The number of hydrogen-bond acceptors (Lipinski definition) is 2. The highest BCUT2D eigenvalue weighted by molar-refractivity contribution is 9.10. The smallest absolute Gasteiger partial charge is 0.251 e. The first-order valence-electron chi connectivity index (χ1n) is 5.97. The van der Waals surface area contributed by atoms with E-state index in [4.69, 9.17) is 0 Å². The van der Waals surface area contributed by atoms with Crippen molar-refractivity contribution in [3.63, 3.8) is 0 Å². The van der Waals surface area contributed by atoms with Gasteiger partial charge >= 0.3 is 0 Å². The third-order valence-electron chi connectivity index (χ3n) is 3.14. The van der Waals surface area contributed by atoms with Gasteiger partial charge in [-0.15, -0.1) is 0 Å². The number of fused-ring (bicyclic) bond motifs is 1. The Morgan fingerprint density at radius 2 is 1.86 bits per heavy atom. The van der Waals surface area contributed by atoms with E-state index in [1.165, 1.54) is 18.2 Å². The summed E-state index contributed by atoms with van der Waals surface area (Å²) < 4.78 is 40.2. The van der Waals surface area contributed by atoms with Crippen LogP contribution < -0.4 is 10.6 Å². The normalized spacial score (nSPS) is 16.6. The van der Waals surface area contributed by atoms with Gasteiger partial charge in [-0.25, -0.2) is 13.2 Å². The average molecular weight is 357 g/mol. The topological polar surface area (TPSA) is 41.1 Å². The molecule has 0 spiro atoms. The zero-order chi connectivity index (χ0) is 15.1. The minimum atomic E-state index is -0.878. The number of halogens is 4. The Kier molecular flexibility index (Phi) is 3.36. The van der Waals surface area contributed by atoms with Gasteiger partial charge in [0, 0.05) is 21.8 Å². The second kappa shape index (κ2) is 5.07. The quantitative estimate of drug-likeness (QED) is 0.854. The highest BCUT2D eigenvalue weighted by Crippen LogP contribution is 2.36. The molecule has 2 aromatic carbocycles. The van der Waals surface area contributed by atoms with E-state index in [1.54, 1.807) is 0 Å². The van der Waals surface area contributed by atoms with E-state index < -0.39 is 29.4 Å². The summed E-state index contributed by atoms with van der Waals surface area (Å²) in [4.78, 5) is 11.9. The molecule has 0 bridgehead atoms. The molecule has 0 saturated carbocycles. The van der Waals surface area contributed by atoms with Crippen LogP contribution in [0.1, 0.15) is 11.6 Å². The standard InChI is InChI=1S/C14H8BrF3N2O/c15-9-3-7(17)4-10(18)13(9)20-12-8-2-1-6(16)5-11(8)19-14(12)21/h1-5,12,20H,(H,19,21). The molecule has 1 heterocycles. The summed E-state index contributed by atoms with van der Waals surface area (Å²) in [6, 6.07) is 4.76. The van der Waals surface area contributed by atoms with Gasteiger partial charge in [-0.1, -0.05) is 6.07 Å². The molecule has 1 aliphatic rings. The number of nitrogens with one attached hydrogen (secondary N) is 2. The van der Waals surface area contributed by atoms with Crippen LogP contribution in [0.2, 0.25) is 0 Å². The molecule has 2 aromatic rings. The van der Waals surface area contributed by atoms with E-state index in [2.05, 4.69) is 26.6 Å². The first-order valence-corrected chi connectivity index (χ1v) is 6.76. The molecule has 21 heavy (non-hydrogen) atoms. The van der Waals surface area contributed by atoms with Gasteiger partial charge in [0.15, 0.2) is 0 Å². The lowest BCUT2D eigenvalue weighted by atomic mass is 10.1. The van der Waals surface area contributed by atoms with Gasteiger partial charge in [0.1, 0.15) is 23.5 Å². The summed E-state index contributed by atoms with van der Waals surface area (Å²) in [5.74, 6) is -2.48. The molecule has 1 amide bonds. The Labute approximate surface area is 126 Å². The maximum Gasteiger partial charge on any atom is 0.251 e. The Bertz CT molecular complexity index is 728. The summed E-state index contributed by atoms with van der Waals surface area (Å²) in [7, 11) is 0. The van der Waals surface area contributed by atoms with Crippen molar-refractivity contribution >= 4 is 33.2 Å².